The molecule has 2 saturated carbocycles. The van der Waals surface area contributed by atoms with Crippen LogP contribution in [-0.4, -0.2) is 0 Å². The number of hydrogen-bond acceptors (Lipinski definition) is 0. The van der Waals surface area contributed by atoms with Crippen molar-refractivity contribution >= 4 is 0 Å². The van der Waals surface area contributed by atoms with Gasteiger partial charge in [0.25, 0.3) is 0 Å². The van der Waals surface area contributed by atoms with E-state index >= 15 is 0 Å². The van der Waals surface area contributed by atoms with Crippen LogP contribution in [0, 0.1) is 24.7 Å². The largest absolute Gasteiger partial charge is 0.0654 e. The fourth-order valence-corrected chi connectivity index (χ4v) is 5.57. The van der Waals surface area contributed by atoms with E-state index in [2.05, 4.69) is 38.1 Å². The molecule has 0 nitrogen and oxygen atoms in total. The lowest BCUT2D eigenvalue weighted by Gasteiger charge is -2.38. The predicted molar refractivity (Wildman–Crippen MR) is 110 cm³/mol. The number of hydrogen-bond donors (Lipinski definition) is 0. The Morgan fingerprint density at radius 1 is 0.720 bits per heavy atom. The maximum Gasteiger partial charge on any atom is -0.0162 e. The molecule has 140 valence electrons. The first-order valence-electron chi connectivity index (χ1n) is 11.3. The third-order valence-corrected chi connectivity index (χ3v) is 7.34. The molecule has 0 heteroatoms. The standard InChI is InChI=1S/C25H40/c1-3-4-5-6-7-21-10-14-23(15-11-21)25-18-16-24(17-19-25)22-12-8-20(2)9-13-22/h8-9,12-13,21,23-25H,3-7,10-11,14-19H2,1-2H3/t21-,23-,24?,25?. The van der Waals surface area contributed by atoms with E-state index in [9.17, 15) is 0 Å². The van der Waals surface area contributed by atoms with Crippen molar-refractivity contribution in [1.29, 1.82) is 0 Å². The van der Waals surface area contributed by atoms with Crippen LogP contribution >= 0.6 is 0 Å². The van der Waals surface area contributed by atoms with E-state index in [1.54, 1.807) is 5.56 Å². The van der Waals surface area contributed by atoms with Crippen LogP contribution in [0.25, 0.3) is 0 Å². The van der Waals surface area contributed by atoms with Crippen LogP contribution in [0.15, 0.2) is 24.3 Å². The van der Waals surface area contributed by atoms with Gasteiger partial charge in [-0.05, 0) is 74.7 Å². The van der Waals surface area contributed by atoms with Gasteiger partial charge in [0.05, 0.1) is 0 Å². The van der Waals surface area contributed by atoms with E-state index < -0.39 is 0 Å². The van der Waals surface area contributed by atoms with Gasteiger partial charge in [0.1, 0.15) is 0 Å². The quantitative estimate of drug-likeness (QED) is 0.440. The maximum absolute atomic E-state index is 2.38. The van der Waals surface area contributed by atoms with Gasteiger partial charge in [0, 0.05) is 0 Å². The van der Waals surface area contributed by atoms with Crippen LogP contribution < -0.4 is 0 Å². The number of unbranched alkanes of at least 4 members (excludes halogenated alkanes) is 3. The van der Waals surface area contributed by atoms with Crippen molar-refractivity contribution in [3.63, 3.8) is 0 Å². The van der Waals surface area contributed by atoms with Gasteiger partial charge < -0.3 is 0 Å². The molecule has 0 heterocycles. The lowest BCUT2D eigenvalue weighted by atomic mass is 9.68. The van der Waals surface area contributed by atoms with Gasteiger partial charge >= 0.3 is 0 Å². The average Bonchev–Trinajstić information content (AvgIpc) is 2.67. The molecule has 0 aliphatic heterocycles. The lowest BCUT2D eigenvalue weighted by Crippen LogP contribution is -2.25. The predicted octanol–water partition coefficient (Wildman–Crippen LogP) is 8.05. The van der Waals surface area contributed by atoms with Crippen molar-refractivity contribution in [1.82, 2.24) is 0 Å². The molecule has 0 saturated heterocycles. The highest BCUT2D eigenvalue weighted by molar-refractivity contribution is 5.24. The molecule has 1 aromatic rings. The Kier molecular flexibility index (Phi) is 7.44. The molecule has 0 amide bonds. The smallest absolute Gasteiger partial charge is 0.0162 e. The second kappa shape index (κ2) is 9.79. The molecular weight excluding hydrogens is 300 g/mol. The zero-order valence-electron chi connectivity index (χ0n) is 16.8. The van der Waals surface area contributed by atoms with Crippen LogP contribution in [-0.2, 0) is 0 Å². The summed E-state index contributed by atoms with van der Waals surface area (Å²) in [5, 5.41) is 0. The van der Waals surface area contributed by atoms with Crippen LogP contribution in [0.5, 0.6) is 0 Å². The SMILES string of the molecule is CCCCCC[C@H]1CC[C@H](C2CCC(c3ccc(C)cc3)CC2)CC1. The summed E-state index contributed by atoms with van der Waals surface area (Å²) in [7, 11) is 0. The summed E-state index contributed by atoms with van der Waals surface area (Å²) in [6, 6.07) is 9.35. The highest BCUT2D eigenvalue weighted by Crippen LogP contribution is 2.44. The van der Waals surface area contributed by atoms with Crippen molar-refractivity contribution in [2.24, 2.45) is 17.8 Å². The lowest BCUT2D eigenvalue weighted by molar-refractivity contribution is 0.155. The minimum Gasteiger partial charge on any atom is -0.0654 e. The average molecular weight is 341 g/mol. The van der Waals surface area contributed by atoms with Gasteiger partial charge in [-0.25, -0.2) is 0 Å². The molecule has 0 unspecified atom stereocenters. The highest BCUT2D eigenvalue weighted by atomic mass is 14.4. The molecule has 0 spiro atoms. The Hall–Kier alpha value is -0.780. The number of rotatable bonds is 7. The van der Waals surface area contributed by atoms with E-state index in [0.29, 0.717) is 0 Å². The van der Waals surface area contributed by atoms with E-state index in [4.69, 9.17) is 0 Å². The zero-order chi connectivity index (χ0) is 17.5. The van der Waals surface area contributed by atoms with Crippen LogP contribution in [0.4, 0.5) is 0 Å². The first kappa shape index (κ1) is 19.0. The Balaban J connectivity index is 1.37. The summed E-state index contributed by atoms with van der Waals surface area (Å²) >= 11 is 0. The van der Waals surface area contributed by atoms with Crippen molar-refractivity contribution < 1.29 is 0 Å². The van der Waals surface area contributed by atoms with Crippen molar-refractivity contribution in [3.05, 3.63) is 35.4 Å². The molecule has 0 radical (unpaired) electrons. The van der Waals surface area contributed by atoms with Crippen LogP contribution in [0.2, 0.25) is 0 Å². The Labute approximate surface area is 156 Å². The number of aryl methyl sites for hydroxylation is 1. The minimum absolute atomic E-state index is 0.840. The minimum atomic E-state index is 0.840. The summed E-state index contributed by atoms with van der Waals surface area (Å²) < 4.78 is 0. The highest BCUT2D eigenvalue weighted by Gasteiger charge is 2.31. The molecule has 0 atom stereocenters. The summed E-state index contributed by atoms with van der Waals surface area (Å²) in [6.07, 6.45) is 19.3. The van der Waals surface area contributed by atoms with E-state index in [1.165, 1.54) is 89.0 Å². The molecule has 2 fully saturated rings. The fourth-order valence-electron chi connectivity index (χ4n) is 5.57. The van der Waals surface area contributed by atoms with Gasteiger partial charge in [-0.15, -0.1) is 0 Å². The van der Waals surface area contributed by atoms with Gasteiger partial charge in [-0.2, -0.15) is 0 Å². The third-order valence-electron chi connectivity index (χ3n) is 7.34. The van der Waals surface area contributed by atoms with Crippen LogP contribution in [0.3, 0.4) is 0 Å². The molecule has 1 aromatic carbocycles. The molecule has 0 N–H and O–H groups in total. The van der Waals surface area contributed by atoms with Crippen molar-refractivity contribution in [2.45, 2.75) is 103 Å². The second-order valence-corrected chi connectivity index (χ2v) is 9.15. The van der Waals surface area contributed by atoms with E-state index in [1.807, 2.05) is 0 Å². The first-order chi connectivity index (χ1) is 12.3. The Morgan fingerprint density at radius 2 is 1.32 bits per heavy atom. The summed E-state index contributed by atoms with van der Waals surface area (Å²) in [5.74, 6) is 4.01. The first-order valence-corrected chi connectivity index (χ1v) is 11.3. The molecule has 25 heavy (non-hydrogen) atoms. The molecular formula is C25H40. The van der Waals surface area contributed by atoms with Gasteiger partial charge in [0.15, 0.2) is 0 Å². The fraction of sp³-hybridized carbons (Fsp3) is 0.760. The van der Waals surface area contributed by atoms with E-state index in [-0.39, 0.29) is 0 Å². The molecule has 0 bridgehead atoms. The van der Waals surface area contributed by atoms with Gasteiger partial charge in [-0.3, -0.25) is 0 Å². The third kappa shape index (κ3) is 5.60. The van der Waals surface area contributed by atoms with Crippen molar-refractivity contribution in [2.75, 3.05) is 0 Å². The summed E-state index contributed by atoms with van der Waals surface area (Å²) in [5.41, 5.74) is 2.99. The maximum atomic E-state index is 2.38. The Bertz CT molecular complexity index is 469. The van der Waals surface area contributed by atoms with Gasteiger partial charge in [-0.1, -0.05) is 81.7 Å². The summed E-state index contributed by atoms with van der Waals surface area (Å²) in [4.78, 5) is 0. The molecule has 2 aliphatic carbocycles. The summed E-state index contributed by atoms with van der Waals surface area (Å²) in [6.45, 7) is 4.51. The number of benzene rings is 1. The molecule has 2 aliphatic rings. The van der Waals surface area contributed by atoms with Crippen molar-refractivity contribution in [3.8, 4) is 0 Å². The van der Waals surface area contributed by atoms with E-state index in [0.717, 1.165) is 23.7 Å². The molecule has 0 aromatic heterocycles. The second-order valence-electron chi connectivity index (χ2n) is 9.15. The molecule has 3 rings (SSSR count). The monoisotopic (exact) mass is 340 g/mol. The Morgan fingerprint density at radius 3 is 1.92 bits per heavy atom. The van der Waals surface area contributed by atoms with Gasteiger partial charge in [0.2, 0.25) is 0 Å². The topological polar surface area (TPSA) is 0 Å². The van der Waals surface area contributed by atoms with Crippen LogP contribution in [0.1, 0.15) is 107 Å². The normalized spacial score (nSPS) is 30.3. The zero-order valence-corrected chi connectivity index (χ0v) is 16.8.